The normalized spacial score (nSPS) is 31.6. The average molecular weight is 249 g/mol. The summed E-state index contributed by atoms with van der Waals surface area (Å²) in [6, 6.07) is 1.53. The fraction of sp³-hybridized carbons (Fsp3) is 0.692. The molecule has 1 aromatic rings. The summed E-state index contributed by atoms with van der Waals surface area (Å²) in [7, 11) is 0. The average Bonchev–Trinajstić information content (AvgIpc) is 3.07. The summed E-state index contributed by atoms with van der Waals surface area (Å²) in [6.45, 7) is 4.92. The van der Waals surface area contributed by atoms with Crippen molar-refractivity contribution in [2.75, 3.05) is 11.9 Å². The summed E-state index contributed by atoms with van der Waals surface area (Å²) in [5.41, 5.74) is -0.216. The molecular weight excluding hydrogens is 230 g/mol. The fourth-order valence-electron chi connectivity index (χ4n) is 2.38. The van der Waals surface area contributed by atoms with Gasteiger partial charge >= 0.3 is 0 Å². The van der Waals surface area contributed by atoms with Crippen LogP contribution in [0, 0.1) is 0 Å². The summed E-state index contributed by atoms with van der Waals surface area (Å²) in [5.74, 6) is 1.94. The van der Waals surface area contributed by atoms with Crippen molar-refractivity contribution in [3.63, 3.8) is 0 Å². The highest BCUT2D eigenvalue weighted by Gasteiger charge is 2.37. The molecule has 2 unspecified atom stereocenters. The van der Waals surface area contributed by atoms with Crippen molar-refractivity contribution in [1.82, 2.24) is 9.97 Å². The Labute approximate surface area is 106 Å². The highest BCUT2D eigenvalue weighted by atomic mass is 16.5. The Kier molecular flexibility index (Phi) is 2.66. The van der Waals surface area contributed by atoms with E-state index < -0.39 is 0 Å². The lowest BCUT2D eigenvalue weighted by molar-refractivity contribution is 0.105. The van der Waals surface area contributed by atoms with E-state index in [-0.39, 0.29) is 17.2 Å². The van der Waals surface area contributed by atoms with Gasteiger partial charge in [0.2, 0.25) is 0 Å². The predicted octanol–water partition coefficient (Wildman–Crippen LogP) is 1.63. The van der Waals surface area contributed by atoms with Crippen LogP contribution in [-0.4, -0.2) is 28.2 Å². The molecule has 1 aliphatic heterocycles. The van der Waals surface area contributed by atoms with Crippen LogP contribution in [0.4, 0.5) is 5.82 Å². The number of nitrogens with one attached hydrogen (secondary N) is 2. The molecule has 1 aromatic heterocycles. The van der Waals surface area contributed by atoms with Crippen LogP contribution in [-0.2, 0) is 4.74 Å². The summed E-state index contributed by atoms with van der Waals surface area (Å²) in [5, 5.41) is 3.37. The van der Waals surface area contributed by atoms with Crippen molar-refractivity contribution in [1.29, 1.82) is 0 Å². The van der Waals surface area contributed by atoms with Crippen LogP contribution in [0.1, 0.15) is 44.9 Å². The van der Waals surface area contributed by atoms with Gasteiger partial charge < -0.3 is 15.0 Å². The van der Waals surface area contributed by atoms with E-state index in [1.165, 1.54) is 6.07 Å². The third-order valence-corrected chi connectivity index (χ3v) is 4.02. The molecule has 98 valence electrons. The van der Waals surface area contributed by atoms with Gasteiger partial charge in [-0.05, 0) is 33.1 Å². The van der Waals surface area contributed by atoms with Gasteiger partial charge in [0.15, 0.2) is 0 Å². The van der Waals surface area contributed by atoms with E-state index in [1.54, 1.807) is 0 Å². The number of anilines is 1. The minimum Gasteiger partial charge on any atom is -0.376 e. The first kappa shape index (κ1) is 11.7. The Morgan fingerprint density at radius 3 is 2.94 bits per heavy atom. The van der Waals surface area contributed by atoms with Crippen LogP contribution >= 0.6 is 0 Å². The number of aromatic amines is 1. The maximum atomic E-state index is 11.6. The van der Waals surface area contributed by atoms with E-state index in [0.29, 0.717) is 11.7 Å². The molecule has 0 amide bonds. The van der Waals surface area contributed by atoms with Gasteiger partial charge in [-0.1, -0.05) is 0 Å². The molecule has 2 aliphatic rings. The van der Waals surface area contributed by atoms with Gasteiger partial charge in [-0.3, -0.25) is 4.79 Å². The van der Waals surface area contributed by atoms with E-state index in [1.807, 2.05) is 0 Å². The molecule has 5 heteroatoms. The molecule has 2 fully saturated rings. The Morgan fingerprint density at radius 2 is 2.33 bits per heavy atom. The van der Waals surface area contributed by atoms with Crippen LogP contribution in [0.25, 0.3) is 0 Å². The Hall–Kier alpha value is -1.36. The molecule has 0 spiro atoms. The molecule has 18 heavy (non-hydrogen) atoms. The molecular formula is C13H19N3O2. The third-order valence-electron chi connectivity index (χ3n) is 4.02. The second kappa shape index (κ2) is 4.09. The molecule has 1 saturated carbocycles. The zero-order valence-electron chi connectivity index (χ0n) is 10.8. The zero-order chi connectivity index (χ0) is 12.8. The van der Waals surface area contributed by atoms with Crippen molar-refractivity contribution in [2.24, 2.45) is 0 Å². The first-order valence-electron chi connectivity index (χ1n) is 6.58. The molecule has 1 aliphatic carbocycles. The van der Waals surface area contributed by atoms with E-state index in [2.05, 4.69) is 29.1 Å². The lowest BCUT2D eigenvalue weighted by Gasteiger charge is -2.29. The first-order valence-corrected chi connectivity index (χ1v) is 6.58. The van der Waals surface area contributed by atoms with Gasteiger partial charge in [-0.25, -0.2) is 4.98 Å². The van der Waals surface area contributed by atoms with Crippen LogP contribution < -0.4 is 10.9 Å². The van der Waals surface area contributed by atoms with E-state index in [0.717, 1.165) is 31.7 Å². The molecule has 0 radical (unpaired) electrons. The van der Waals surface area contributed by atoms with E-state index >= 15 is 0 Å². The standard InChI is InChI=1S/C13H19N3O2/c1-8-13(2,5-6-18-8)16-10-7-11(17)15-12(14-10)9-3-4-9/h7-9H,3-6H2,1-2H3,(H2,14,15,16,17). The highest BCUT2D eigenvalue weighted by Crippen LogP contribution is 2.38. The molecule has 5 nitrogen and oxygen atoms in total. The quantitative estimate of drug-likeness (QED) is 0.854. The molecule has 2 atom stereocenters. The van der Waals surface area contributed by atoms with Gasteiger partial charge in [-0.15, -0.1) is 0 Å². The number of H-pyrrole nitrogens is 1. The number of aromatic nitrogens is 2. The maximum absolute atomic E-state index is 11.6. The van der Waals surface area contributed by atoms with Crippen LogP contribution in [0.2, 0.25) is 0 Å². The second-order valence-corrected chi connectivity index (χ2v) is 5.60. The number of nitrogens with zero attached hydrogens (tertiary/aromatic N) is 1. The van der Waals surface area contributed by atoms with Gasteiger partial charge in [0.1, 0.15) is 11.6 Å². The topological polar surface area (TPSA) is 67.0 Å². The molecule has 2 heterocycles. The van der Waals surface area contributed by atoms with Crippen molar-refractivity contribution >= 4 is 5.82 Å². The number of hydrogen-bond donors (Lipinski definition) is 2. The van der Waals surface area contributed by atoms with Crippen LogP contribution in [0.5, 0.6) is 0 Å². The summed E-state index contributed by atoms with van der Waals surface area (Å²) in [6.07, 6.45) is 3.32. The van der Waals surface area contributed by atoms with E-state index in [9.17, 15) is 4.79 Å². The Balaban J connectivity index is 1.85. The predicted molar refractivity (Wildman–Crippen MR) is 68.9 cm³/mol. The number of rotatable bonds is 3. The van der Waals surface area contributed by atoms with Crippen LogP contribution in [0.15, 0.2) is 10.9 Å². The van der Waals surface area contributed by atoms with Crippen LogP contribution in [0.3, 0.4) is 0 Å². The summed E-state index contributed by atoms with van der Waals surface area (Å²) < 4.78 is 5.58. The third kappa shape index (κ3) is 2.14. The largest absolute Gasteiger partial charge is 0.376 e. The number of hydrogen-bond acceptors (Lipinski definition) is 4. The van der Waals surface area contributed by atoms with Gasteiger partial charge in [-0.2, -0.15) is 0 Å². The molecule has 2 N–H and O–H groups in total. The smallest absolute Gasteiger partial charge is 0.252 e. The van der Waals surface area contributed by atoms with Gasteiger partial charge in [0.25, 0.3) is 5.56 Å². The maximum Gasteiger partial charge on any atom is 0.252 e. The van der Waals surface area contributed by atoms with Crippen molar-refractivity contribution < 1.29 is 4.74 Å². The Morgan fingerprint density at radius 1 is 1.56 bits per heavy atom. The Bertz CT molecular complexity index is 509. The van der Waals surface area contributed by atoms with Crippen molar-refractivity contribution in [3.05, 3.63) is 22.2 Å². The first-order chi connectivity index (χ1) is 8.57. The monoisotopic (exact) mass is 249 g/mol. The lowest BCUT2D eigenvalue weighted by atomic mass is 9.95. The second-order valence-electron chi connectivity index (χ2n) is 5.60. The van der Waals surface area contributed by atoms with Crippen molar-refractivity contribution in [2.45, 2.75) is 50.7 Å². The molecule has 1 saturated heterocycles. The zero-order valence-corrected chi connectivity index (χ0v) is 10.8. The van der Waals surface area contributed by atoms with E-state index in [4.69, 9.17) is 4.74 Å². The summed E-state index contributed by atoms with van der Waals surface area (Å²) >= 11 is 0. The molecule has 3 rings (SSSR count). The van der Waals surface area contributed by atoms with Crippen molar-refractivity contribution in [3.8, 4) is 0 Å². The molecule has 0 aromatic carbocycles. The lowest BCUT2D eigenvalue weighted by Crippen LogP contribution is -2.41. The summed E-state index contributed by atoms with van der Waals surface area (Å²) in [4.78, 5) is 19.0. The fourth-order valence-corrected chi connectivity index (χ4v) is 2.38. The minimum atomic E-state index is -0.137. The van der Waals surface area contributed by atoms with Gasteiger partial charge in [0.05, 0.1) is 11.6 Å². The number of ether oxygens (including phenoxy) is 1. The minimum absolute atomic E-state index is 0.0791. The SMILES string of the molecule is CC1OCCC1(C)Nc1cc(=O)[nH]c(C2CC2)n1. The van der Waals surface area contributed by atoms with Gasteiger partial charge in [0, 0.05) is 18.6 Å². The highest BCUT2D eigenvalue weighted by molar-refractivity contribution is 5.38. The molecule has 0 bridgehead atoms.